The van der Waals surface area contributed by atoms with Crippen LogP contribution < -0.4 is 14.8 Å². The smallest absolute Gasteiger partial charge is 0.266 e. The van der Waals surface area contributed by atoms with E-state index in [0.717, 1.165) is 4.88 Å². The largest absolute Gasteiger partial charge is 0.313 e. The highest BCUT2D eigenvalue weighted by atomic mass is 35.5. The molecule has 4 nitrogen and oxygen atoms in total. The van der Waals surface area contributed by atoms with Gasteiger partial charge in [-0.15, -0.1) is 22.7 Å². The van der Waals surface area contributed by atoms with Crippen LogP contribution in [0, 0.1) is 0 Å². The fraction of sp³-hybridized carbons (Fsp3) is 0. The van der Waals surface area contributed by atoms with Gasteiger partial charge in [0, 0.05) is 28.9 Å². The van der Waals surface area contributed by atoms with Crippen LogP contribution in [0.1, 0.15) is 15.2 Å². The topological polar surface area (TPSA) is 62.8 Å². The standard InChI is InChI=1S/C15H9ClN2O2S2/c16-13-2-1-10(21-13)7-12-15(20)18-14(22-12)8-11(19)9-3-5-17-6-4-9/h1-8H,(H,18,20). The summed E-state index contributed by atoms with van der Waals surface area (Å²) in [6, 6.07) is 6.88. The summed E-state index contributed by atoms with van der Waals surface area (Å²) in [5.74, 6) is -0.175. The highest BCUT2D eigenvalue weighted by Crippen LogP contribution is 2.21. The molecule has 0 atom stereocenters. The average molecular weight is 349 g/mol. The fourth-order valence-electron chi connectivity index (χ4n) is 1.78. The molecule has 0 unspecified atom stereocenters. The van der Waals surface area contributed by atoms with E-state index in [4.69, 9.17) is 11.6 Å². The van der Waals surface area contributed by atoms with Gasteiger partial charge < -0.3 is 4.98 Å². The van der Waals surface area contributed by atoms with E-state index in [-0.39, 0.29) is 11.3 Å². The first-order chi connectivity index (χ1) is 10.6. The van der Waals surface area contributed by atoms with Crippen LogP contribution >= 0.6 is 34.3 Å². The number of hydrogen-bond donors (Lipinski definition) is 1. The number of Topliss-reactive ketones (excluding diaryl/α,β-unsaturated/α-hetero) is 1. The third-order valence-corrected chi connectivity index (χ3v) is 4.92. The van der Waals surface area contributed by atoms with Crippen LogP contribution in [0.2, 0.25) is 4.34 Å². The summed E-state index contributed by atoms with van der Waals surface area (Å²) in [5, 5.41) is 0. The van der Waals surface area contributed by atoms with Crippen molar-refractivity contribution in [3.63, 3.8) is 0 Å². The minimum absolute atomic E-state index is 0.175. The van der Waals surface area contributed by atoms with Crippen LogP contribution in [0.25, 0.3) is 12.2 Å². The van der Waals surface area contributed by atoms with Crippen molar-refractivity contribution < 1.29 is 4.79 Å². The molecule has 0 bridgehead atoms. The molecule has 1 N–H and O–H groups in total. The maximum atomic E-state index is 12.1. The molecule has 3 heterocycles. The van der Waals surface area contributed by atoms with Crippen molar-refractivity contribution in [3.05, 3.63) is 71.0 Å². The van der Waals surface area contributed by atoms with E-state index in [0.29, 0.717) is 19.1 Å². The summed E-state index contributed by atoms with van der Waals surface area (Å²) in [7, 11) is 0. The van der Waals surface area contributed by atoms with Crippen molar-refractivity contribution in [1.29, 1.82) is 0 Å². The SMILES string of the molecule is O=C(C=c1[nH]c(=O)c(=Cc2ccc(Cl)s2)s1)c1ccncc1. The summed E-state index contributed by atoms with van der Waals surface area (Å²) < 4.78 is 1.71. The average Bonchev–Trinajstić information content (AvgIpc) is 3.06. The van der Waals surface area contributed by atoms with Gasteiger partial charge in [-0.05, 0) is 30.3 Å². The molecular formula is C15H9ClN2O2S2. The van der Waals surface area contributed by atoms with Crippen molar-refractivity contribution in [2.75, 3.05) is 0 Å². The summed E-state index contributed by atoms with van der Waals surface area (Å²) in [4.78, 5) is 31.4. The van der Waals surface area contributed by atoms with Gasteiger partial charge in [-0.3, -0.25) is 14.6 Å². The van der Waals surface area contributed by atoms with Gasteiger partial charge in [0.2, 0.25) is 0 Å². The number of pyridine rings is 1. The molecule has 0 aliphatic heterocycles. The van der Waals surface area contributed by atoms with Gasteiger partial charge >= 0.3 is 0 Å². The van der Waals surface area contributed by atoms with Gasteiger partial charge in [0.15, 0.2) is 5.78 Å². The van der Waals surface area contributed by atoms with Crippen molar-refractivity contribution >= 4 is 52.2 Å². The van der Waals surface area contributed by atoms with Crippen LogP contribution in [0.4, 0.5) is 0 Å². The number of thiophene rings is 1. The predicted molar refractivity (Wildman–Crippen MR) is 90.1 cm³/mol. The number of carbonyl (C=O) groups excluding carboxylic acids is 1. The zero-order valence-electron chi connectivity index (χ0n) is 11.1. The second-order valence-electron chi connectivity index (χ2n) is 4.32. The van der Waals surface area contributed by atoms with Gasteiger partial charge in [-0.1, -0.05) is 11.6 Å². The molecule has 0 aliphatic rings. The number of carbonyl (C=O) groups is 1. The Hall–Kier alpha value is -2.02. The predicted octanol–water partition coefficient (Wildman–Crippen LogP) is 2.04. The molecule has 3 aromatic rings. The van der Waals surface area contributed by atoms with Crippen molar-refractivity contribution in [2.24, 2.45) is 0 Å². The summed E-state index contributed by atoms with van der Waals surface area (Å²) in [5.41, 5.74) is 0.308. The highest BCUT2D eigenvalue weighted by Gasteiger charge is 2.03. The van der Waals surface area contributed by atoms with Crippen LogP contribution in [0.5, 0.6) is 0 Å². The molecule has 0 spiro atoms. The Morgan fingerprint density at radius 3 is 2.64 bits per heavy atom. The number of nitrogens with zero attached hydrogens (tertiary/aromatic N) is 1. The third-order valence-electron chi connectivity index (χ3n) is 2.77. The second kappa shape index (κ2) is 6.39. The number of aromatic nitrogens is 2. The molecule has 0 saturated carbocycles. The van der Waals surface area contributed by atoms with Crippen LogP contribution in [-0.2, 0) is 0 Å². The Morgan fingerprint density at radius 2 is 1.95 bits per heavy atom. The molecule has 0 fully saturated rings. The van der Waals surface area contributed by atoms with Gasteiger partial charge in [-0.2, -0.15) is 0 Å². The first-order valence-electron chi connectivity index (χ1n) is 6.24. The van der Waals surface area contributed by atoms with Crippen molar-refractivity contribution in [2.45, 2.75) is 0 Å². The van der Waals surface area contributed by atoms with Gasteiger partial charge in [-0.25, -0.2) is 0 Å². The van der Waals surface area contributed by atoms with Crippen LogP contribution in [-0.4, -0.2) is 15.8 Å². The molecule has 22 heavy (non-hydrogen) atoms. The third kappa shape index (κ3) is 3.41. The second-order valence-corrected chi connectivity index (χ2v) is 7.15. The van der Waals surface area contributed by atoms with Crippen LogP contribution in [0.15, 0.2) is 41.5 Å². The lowest BCUT2D eigenvalue weighted by atomic mass is 10.2. The normalized spacial score (nSPS) is 12.8. The lowest BCUT2D eigenvalue weighted by molar-refractivity contribution is 0.106. The number of halogens is 1. The number of aromatic amines is 1. The Kier molecular flexibility index (Phi) is 4.33. The molecule has 0 aliphatic carbocycles. The van der Waals surface area contributed by atoms with E-state index in [1.54, 1.807) is 36.7 Å². The molecule has 0 radical (unpaired) electrons. The van der Waals surface area contributed by atoms with E-state index in [2.05, 4.69) is 9.97 Å². The van der Waals surface area contributed by atoms with Gasteiger partial charge in [0.25, 0.3) is 5.56 Å². The van der Waals surface area contributed by atoms with E-state index in [1.807, 2.05) is 6.07 Å². The maximum Gasteiger partial charge on any atom is 0.266 e. The van der Waals surface area contributed by atoms with E-state index >= 15 is 0 Å². The number of ketones is 1. The molecule has 3 rings (SSSR count). The van der Waals surface area contributed by atoms with Gasteiger partial charge in [0.05, 0.1) is 13.5 Å². The van der Waals surface area contributed by atoms with Crippen molar-refractivity contribution in [1.82, 2.24) is 9.97 Å². The summed E-state index contributed by atoms with van der Waals surface area (Å²) >= 11 is 8.49. The van der Waals surface area contributed by atoms with Crippen molar-refractivity contribution in [3.8, 4) is 0 Å². The van der Waals surface area contributed by atoms with E-state index in [1.165, 1.54) is 28.7 Å². The monoisotopic (exact) mass is 348 g/mol. The zero-order valence-corrected chi connectivity index (χ0v) is 13.5. The number of nitrogens with one attached hydrogen (secondary N) is 1. The highest BCUT2D eigenvalue weighted by molar-refractivity contribution is 7.17. The maximum absolute atomic E-state index is 12.1. The van der Waals surface area contributed by atoms with Gasteiger partial charge in [0.1, 0.15) is 0 Å². The molecule has 7 heteroatoms. The molecule has 110 valence electrons. The number of rotatable bonds is 3. The molecule has 0 saturated heterocycles. The zero-order chi connectivity index (χ0) is 15.5. The van der Waals surface area contributed by atoms with E-state index in [9.17, 15) is 9.59 Å². The molecular weight excluding hydrogens is 340 g/mol. The Morgan fingerprint density at radius 1 is 1.18 bits per heavy atom. The minimum Gasteiger partial charge on any atom is -0.313 e. The number of H-pyrrole nitrogens is 1. The summed E-state index contributed by atoms with van der Waals surface area (Å²) in [6.45, 7) is 0. The molecule has 3 aromatic heterocycles. The number of hydrogen-bond acceptors (Lipinski definition) is 5. The Balaban J connectivity index is 1.99. The first kappa shape index (κ1) is 14.9. The van der Waals surface area contributed by atoms with E-state index < -0.39 is 0 Å². The lowest BCUT2D eigenvalue weighted by Gasteiger charge is -1.91. The minimum atomic E-state index is -0.219. The summed E-state index contributed by atoms with van der Waals surface area (Å²) in [6.07, 6.45) is 6.28. The Labute approximate surface area is 138 Å². The number of thiazole rings is 1. The molecule has 0 aromatic carbocycles. The van der Waals surface area contributed by atoms with Crippen LogP contribution in [0.3, 0.4) is 0 Å². The molecule has 0 amide bonds. The Bertz CT molecular complexity index is 986. The fourth-order valence-corrected chi connectivity index (χ4v) is 3.73. The first-order valence-corrected chi connectivity index (χ1v) is 8.25. The lowest BCUT2D eigenvalue weighted by Crippen LogP contribution is -2.19. The quantitative estimate of drug-likeness (QED) is 0.737.